The van der Waals surface area contributed by atoms with Crippen LogP contribution in [0.5, 0.6) is 0 Å². The zero-order valence-electron chi connectivity index (χ0n) is 37.4. The second kappa shape index (κ2) is 46.0. The molecule has 0 aliphatic rings. The Morgan fingerprint density at radius 3 is 1.27 bits per heavy atom. The zero-order chi connectivity index (χ0) is 40.8. The van der Waals surface area contributed by atoms with Gasteiger partial charge in [0.25, 0.3) is 0 Å². The van der Waals surface area contributed by atoms with Crippen molar-refractivity contribution < 1.29 is 24.5 Å². The summed E-state index contributed by atoms with van der Waals surface area (Å²) in [5.74, 6) is -0.117. The lowest BCUT2D eigenvalue weighted by Gasteiger charge is -2.20. The van der Waals surface area contributed by atoms with Gasteiger partial charge in [-0.25, -0.2) is 0 Å². The molecule has 0 aliphatic carbocycles. The molecule has 0 saturated carbocycles. The van der Waals surface area contributed by atoms with E-state index in [1.165, 1.54) is 173 Å². The molecule has 0 rings (SSSR count). The average molecular weight is 790 g/mol. The highest BCUT2D eigenvalue weighted by atomic mass is 16.5. The van der Waals surface area contributed by atoms with Gasteiger partial charge in [-0.2, -0.15) is 0 Å². The molecular formula is C50H95NO5. The van der Waals surface area contributed by atoms with Gasteiger partial charge in [0.05, 0.1) is 25.4 Å². The summed E-state index contributed by atoms with van der Waals surface area (Å²) >= 11 is 0. The Labute approximate surface area is 348 Å². The van der Waals surface area contributed by atoms with Crippen LogP contribution < -0.4 is 5.32 Å². The van der Waals surface area contributed by atoms with Crippen LogP contribution in [0.1, 0.15) is 258 Å². The quantitative estimate of drug-likeness (QED) is 0.0324. The summed E-state index contributed by atoms with van der Waals surface area (Å²) in [5, 5.41) is 22.9. The van der Waals surface area contributed by atoms with Crippen LogP contribution in [0.2, 0.25) is 0 Å². The van der Waals surface area contributed by atoms with E-state index in [4.69, 9.17) is 4.74 Å². The number of hydrogen-bond acceptors (Lipinski definition) is 5. The molecule has 0 aromatic carbocycles. The summed E-state index contributed by atoms with van der Waals surface area (Å²) in [7, 11) is 0. The van der Waals surface area contributed by atoms with Crippen molar-refractivity contribution >= 4 is 11.9 Å². The second-order valence-corrected chi connectivity index (χ2v) is 16.8. The minimum Gasteiger partial charge on any atom is -0.466 e. The predicted octanol–water partition coefficient (Wildman–Crippen LogP) is 14.3. The molecule has 0 heterocycles. The molecule has 0 aliphatic heterocycles. The van der Waals surface area contributed by atoms with Gasteiger partial charge in [0.2, 0.25) is 5.91 Å². The number of esters is 1. The molecule has 330 valence electrons. The van der Waals surface area contributed by atoms with Crippen LogP contribution in [0.25, 0.3) is 0 Å². The van der Waals surface area contributed by atoms with E-state index in [0.29, 0.717) is 19.4 Å². The van der Waals surface area contributed by atoms with Crippen LogP contribution in [-0.4, -0.2) is 47.4 Å². The maximum atomic E-state index is 12.4. The molecule has 56 heavy (non-hydrogen) atoms. The largest absolute Gasteiger partial charge is 0.466 e. The maximum Gasteiger partial charge on any atom is 0.305 e. The third-order valence-electron chi connectivity index (χ3n) is 11.2. The van der Waals surface area contributed by atoms with E-state index >= 15 is 0 Å². The Bertz CT molecular complexity index is 874. The summed E-state index contributed by atoms with van der Waals surface area (Å²) in [6.45, 7) is 4.83. The molecule has 0 aromatic rings. The van der Waals surface area contributed by atoms with Gasteiger partial charge in [-0.05, 0) is 57.8 Å². The molecule has 0 radical (unpaired) electrons. The Balaban J connectivity index is 3.48. The molecule has 2 unspecified atom stereocenters. The topological polar surface area (TPSA) is 95.9 Å². The summed E-state index contributed by atoms with van der Waals surface area (Å²) < 4.78 is 5.46. The van der Waals surface area contributed by atoms with Crippen molar-refractivity contribution in [1.82, 2.24) is 5.32 Å². The number of amides is 1. The van der Waals surface area contributed by atoms with Gasteiger partial charge in [0.1, 0.15) is 0 Å². The lowest BCUT2D eigenvalue weighted by atomic mass is 10.0. The van der Waals surface area contributed by atoms with Crippen molar-refractivity contribution in [3.63, 3.8) is 0 Å². The van der Waals surface area contributed by atoms with Gasteiger partial charge in [-0.1, -0.05) is 212 Å². The minimum atomic E-state index is -0.857. The average Bonchev–Trinajstić information content (AvgIpc) is 3.20. The summed E-state index contributed by atoms with van der Waals surface area (Å²) in [6, 6.07) is -0.643. The number of carbonyl (C=O) groups is 2. The number of rotatable bonds is 45. The van der Waals surface area contributed by atoms with Gasteiger partial charge in [-0.3, -0.25) is 9.59 Å². The lowest BCUT2D eigenvalue weighted by Crippen LogP contribution is -2.45. The first kappa shape index (κ1) is 54.3. The minimum absolute atomic E-state index is 0.0245. The highest BCUT2D eigenvalue weighted by Gasteiger charge is 2.18. The molecule has 6 heteroatoms. The van der Waals surface area contributed by atoms with Crippen LogP contribution in [-0.2, 0) is 14.3 Å². The van der Waals surface area contributed by atoms with E-state index in [0.717, 1.165) is 57.8 Å². The van der Waals surface area contributed by atoms with Crippen LogP contribution in [0, 0.1) is 0 Å². The van der Waals surface area contributed by atoms with Crippen LogP contribution in [0.4, 0.5) is 0 Å². The van der Waals surface area contributed by atoms with E-state index in [-0.39, 0.29) is 18.5 Å². The number of aliphatic hydroxyl groups excluding tert-OH is 2. The molecule has 0 saturated heterocycles. The Hall–Kier alpha value is -1.66. The first-order valence-electron chi connectivity index (χ1n) is 24.6. The van der Waals surface area contributed by atoms with Crippen LogP contribution in [0.3, 0.4) is 0 Å². The van der Waals surface area contributed by atoms with Crippen LogP contribution >= 0.6 is 0 Å². The highest BCUT2D eigenvalue weighted by Crippen LogP contribution is 2.15. The molecule has 0 fully saturated rings. The predicted molar refractivity (Wildman–Crippen MR) is 241 cm³/mol. The van der Waals surface area contributed by atoms with Gasteiger partial charge in [-0.15, -0.1) is 0 Å². The summed E-state index contributed by atoms with van der Waals surface area (Å²) in [4.78, 5) is 24.4. The van der Waals surface area contributed by atoms with Gasteiger partial charge < -0.3 is 20.3 Å². The second-order valence-electron chi connectivity index (χ2n) is 16.8. The van der Waals surface area contributed by atoms with Gasteiger partial charge in [0.15, 0.2) is 0 Å². The number of unbranched alkanes of at least 4 members (excludes halogenated alkanes) is 32. The first-order valence-corrected chi connectivity index (χ1v) is 24.6. The lowest BCUT2D eigenvalue weighted by molar-refractivity contribution is -0.143. The molecule has 0 bridgehead atoms. The Morgan fingerprint density at radius 1 is 0.482 bits per heavy atom. The molecule has 0 spiro atoms. The fraction of sp³-hybridized carbons (Fsp3) is 0.880. The van der Waals surface area contributed by atoms with E-state index < -0.39 is 12.1 Å². The van der Waals surface area contributed by atoms with E-state index in [1.807, 2.05) is 6.08 Å². The molecule has 2 atom stereocenters. The third-order valence-corrected chi connectivity index (χ3v) is 11.2. The number of allylic oxidation sites excluding steroid dienone is 3. The Kier molecular flexibility index (Phi) is 44.7. The first-order chi connectivity index (χ1) is 27.5. The standard InChI is InChI=1S/C50H95NO5/c1-3-5-7-9-11-13-15-16-17-18-19-20-21-23-28-32-36-40-44-50(55)56-45-41-37-33-29-25-24-27-31-35-39-43-49(54)51-47(46-52)48(53)42-38-34-30-26-22-14-12-10-8-6-4-2/h17-18,38,42,47-48,52-53H,3-16,19-37,39-41,43-46H2,1-2H3,(H,51,54)/b18-17-,42-38+. The van der Waals surface area contributed by atoms with Crippen molar-refractivity contribution in [3.8, 4) is 0 Å². The fourth-order valence-corrected chi connectivity index (χ4v) is 7.39. The normalized spacial score (nSPS) is 12.9. The number of carbonyl (C=O) groups excluding carboxylic acids is 2. The molecule has 1 amide bonds. The molecule has 3 N–H and O–H groups in total. The monoisotopic (exact) mass is 790 g/mol. The smallest absolute Gasteiger partial charge is 0.305 e. The maximum absolute atomic E-state index is 12.4. The van der Waals surface area contributed by atoms with E-state index in [9.17, 15) is 19.8 Å². The molecular weight excluding hydrogens is 695 g/mol. The number of nitrogens with one attached hydrogen (secondary N) is 1. The zero-order valence-corrected chi connectivity index (χ0v) is 37.4. The molecule has 6 nitrogen and oxygen atoms in total. The van der Waals surface area contributed by atoms with Gasteiger partial charge >= 0.3 is 5.97 Å². The fourth-order valence-electron chi connectivity index (χ4n) is 7.39. The van der Waals surface area contributed by atoms with Gasteiger partial charge in [0, 0.05) is 12.8 Å². The summed E-state index contributed by atoms with van der Waals surface area (Å²) in [6.07, 6.45) is 53.1. The third kappa shape index (κ3) is 42.0. The van der Waals surface area contributed by atoms with E-state index in [2.05, 4.69) is 31.3 Å². The van der Waals surface area contributed by atoms with Crippen molar-refractivity contribution in [2.45, 2.75) is 270 Å². The van der Waals surface area contributed by atoms with Crippen molar-refractivity contribution in [1.29, 1.82) is 0 Å². The van der Waals surface area contributed by atoms with Crippen molar-refractivity contribution in [2.24, 2.45) is 0 Å². The SMILES string of the molecule is CCCCCCCCC/C=C\CCCCCCCCCC(=O)OCCCCCCCCCCCCC(=O)NC(CO)C(O)/C=C/CCCCCCCCCCC. The Morgan fingerprint density at radius 2 is 0.839 bits per heavy atom. The number of aliphatic hydroxyl groups is 2. The van der Waals surface area contributed by atoms with E-state index in [1.54, 1.807) is 6.08 Å². The summed E-state index contributed by atoms with van der Waals surface area (Å²) in [5.41, 5.74) is 0. The number of hydrogen-bond donors (Lipinski definition) is 3. The van der Waals surface area contributed by atoms with Crippen molar-refractivity contribution in [3.05, 3.63) is 24.3 Å². The van der Waals surface area contributed by atoms with Crippen LogP contribution in [0.15, 0.2) is 24.3 Å². The highest BCUT2D eigenvalue weighted by molar-refractivity contribution is 5.76. The number of ether oxygens (including phenoxy) is 1. The van der Waals surface area contributed by atoms with Crippen molar-refractivity contribution in [2.75, 3.05) is 13.2 Å². The molecule has 0 aromatic heterocycles.